The molecule has 0 amide bonds. The van der Waals surface area contributed by atoms with E-state index in [-0.39, 0.29) is 5.60 Å². The largest absolute Gasteiger partial charge is 0.616 e. The van der Waals surface area contributed by atoms with Crippen molar-refractivity contribution in [3.8, 4) is 5.88 Å². The Hall–Kier alpha value is -1.29. The number of nitrogens with zero attached hydrogens (tertiary/aromatic N) is 2. The molecule has 90 valence electrons. The first kappa shape index (κ1) is 9.71. The van der Waals surface area contributed by atoms with Gasteiger partial charge in [0, 0.05) is 24.9 Å². The van der Waals surface area contributed by atoms with Crippen molar-refractivity contribution in [2.24, 2.45) is 5.92 Å². The number of pyridine rings is 1. The molecule has 4 aliphatic rings. The summed E-state index contributed by atoms with van der Waals surface area (Å²) in [6.07, 6.45) is 4.87. The van der Waals surface area contributed by atoms with Gasteiger partial charge in [0.1, 0.15) is 5.60 Å². The van der Waals surface area contributed by atoms with Crippen LogP contribution in [0, 0.1) is 11.1 Å². The van der Waals surface area contributed by atoms with E-state index in [2.05, 4.69) is 4.90 Å². The third kappa shape index (κ3) is 1.24. The van der Waals surface area contributed by atoms with Crippen LogP contribution in [0.15, 0.2) is 18.3 Å². The van der Waals surface area contributed by atoms with E-state index in [1.54, 1.807) is 0 Å². The third-order valence-corrected chi connectivity index (χ3v) is 4.61. The Morgan fingerprint density at radius 2 is 2.24 bits per heavy atom. The second-order valence-electron chi connectivity index (χ2n) is 5.56. The Morgan fingerprint density at radius 3 is 2.88 bits per heavy atom. The summed E-state index contributed by atoms with van der Waals surface area (Å²) in [4.78, 5) is 2.47. The molecule has 5 rings (SSSR count). The van der Waals surface area contributed by atoms with Crippen molar-refractivity contribution < 1.29 is 9.47 Å². The molecule has 4 nitrogen and oxygen atoms in total. The zero-order chi connectivity index (χ0) is 11.5. The molecule has 0 radical (unpaired) electrons. The number of piperidine rings is 3. The first-order valence-electron chi connectivity index (χ1n) is 6.39. The first-order valence-corrected chi connectivity index (χ1v) is 6.39. The highest BCUT2D eigenvalue weighted by molar-refractivity contribution is 5.31. The molecule has 2 bridgehead atoms. The summed E-state index contributed by atoms with van der Waals surface area (Å²) in [7, 11) is 0. The van der Waals surface area contributed by atoms with E-state index in [0.29, 0.717) is 11.8 Å². The van der Waals surface area contributed by atoms with Gasteiger partial charge >= 0.3 is 5.88 Å². The molecule has 1 aromatic rings. The van der Waals surface area contributed by atoms with Gasteiger partial charge in [-0.3, -0.25) is 4.90 Å². The van der Waals surface area contributed by atoms with Gasteiger partial charge in [0.05, 0.1) is 5.56 Å². The number of aromatic nitrogens is 1. The fraction of sp³-hybridized carbons (Fsp3) is 0.615. The SMILES string of the molecule is [O-][n+]1cccc2c1O[C@@]1(C2)CN2CCC1CC2. The van der Waals surface area contributed by atoms with Crippen LogP contribution in [0.4, 0.5) is 0 Å². The molecule has 3 saturated heterocycles. The third-order valence-electron chi connectivity index (χ3n) is 4.61. The lowest BCUT2D eigenvalue weighted by Crippen LogP contribution is -2.61. The van der Waals surface area contributed by atoms with Crippen LogP contribution >= 0.6 is 0 Å². The average Bonchev–Trinajstić information content (AvgIpc) is 2.70. The minimum Gasteiger partial charge on any atom is -0.616 e. The van der Waals surface area contributed by atoms with Crippen LogP contribution < -0.4 is 9.47 Å². The highest BCUT2D eigenvalue weighted by Gasteiger charge is 2.54. The molecule has 0 saturated carbocycles. The first-order chi connectivity index (χ1) is 8.27. The van der Waals surface area contributed by atoms with E-state index in [1.165, 1.54) is 32.1 Å². The molecule has 0 aromatic carbocycles. The Labute approximate surface area is 100 Å². The maximum absolute atomic E-state index is 11.7. The standard InChI is InChI=1S/C13H16N2O2/c16-15-5-1-2-10-8-13(17-12(10)15)9-14-6-3-11(13)4-7-14/h1-2,5,11H,3-4,6-9H2/t13-/m0/s1. The Kier molecular flexibility index (Phi) is 1.79. The Balaban J connectivity index is 1.74. The normalized spacial score (nSPS) is 38.1. The van der Waals surface area contributed by atoms with Gasteiger partial charge in [0.15, 0.2) is 6.20 Å². The zero-order valence-corrected chi connectivity index (χ0v) is 9.76. The van der Waals surface area contributed by atoms with Gasteiger partial charge < -0.3 is 9.94 Å². The summed E-state index contributed by atoms with van der Waals surface area (Å²) in [5.74, 6) is 1.17. The van der Waals surface area contributed by atoms with Crippen molar-refractivity contribution in [1.82, 2.24) is 4.90 Å². The zero-order valence-electron chi connectivity index (χ0n) is 9.76. The Morgan fingerprint density at radius 1 is 1.41 bits per heavy atom. The van der Waals surface area contributed by atoms with Crippen LogP contribution in [-0.4, -0.2) is 30.1 Å². The second-order valence-corrected chi connectivity index (χ2v) is 5.56. The van der Waals surface area contributed by atoms with E-state index in [9.17, 15) is 5.21 Å². The summed E-state index contributed by atoms with van der Waals surface area (Å²) in [5.41, 5.74) is 0.975. The molecule has 3 fully saturated rings. The van der Waals surface area contributed by atoms with Crippen LogP contribution in [0.3, 0.4) is 0 Å². The molecule has 5 heterocycles. The topological polar surface area (TPSA) is 39.4 Å². The Bertz CT molecular complexity index is 468. The lowest BCUT2D eigenvalue weighted by atomic mass is 9.73. The van der Waals surface area contributed by atoms with E-state index in [4.69, 9.17) is 4.74 Å². The van der Waals surface area contributed by atoms with Gasteiger partial charge in [-0.1, -0.05) is 0 Å². The highest BCUT2D eigenvalue weighted by atomic mass is 16.6. The summed E-state index contributed by atoms with van der Waals surface area (Å²) >= 11 is 0. The van der Waals surface area contributed by atoms with Gasteiger partial charge in [-0.05, 0) is 32.0 Å². The molecule has 17 heavy (non-hydrogen) atoms. The minimum atomic E-state index is -0.105. The van der Waals surface area contributed by atoms with Crippen LogP contribution in [0.1, 0.15) is 18.4 Å². The van der Waals surface area contributed by atoms with E-state index in [0.717, 1.165) is 23.3 Å². The van der Waals surface area contributed by atoms with Gasteiger partial charge in [0.2, 0.25) is 0 Å². The smallest absolute Gasteiger partial charge is 0.383 e. The van der Waals surface area contributed by atoms with Crippen molar-refractivity contribution in [2.45, 2.75) is 24.9 Å². The minimum absolute atomic E-state index is 0.105. The van der Waals surface area contributed by atoms with Crippen molar-refractivity contribution in [1.29, 1.82) is 0 Å². The van der Waals surface area contributed by atoms with Gasteiger partial charge in [-0.2, -0.15) is 0 Å². The summed E-state index contributed by atoms with van der Waals surface area (Å²) in [6, 6.07) is 3.84. The fourth-order valence-electron chi connectivity index (χ4n) is 3.75. The van der Waals surface area contributed by atoms with Crippen molar-refractivity contribution in [3.05, 3.63) is 29.1 Å². The van der Waals surface area contributed by atoms with E-state index in [1.807, 2.05) is 12.1 Å². The molecule has 1 spiro atoms. The predicted octanol–water partition coefficient (Wildman–Crippen LogP) is 0.719. The summed E-state index contributed by atoms with van der Waals surface area (Å²) < 4.78 is 6.99. The lowest BCUT2D eigenvalue weighted by Gasteiger charge is -2.50. The number of fused-ring (bicyclic) bond motifs is 3. The summed E-state index contributed by atoms with van der Waals surface area (Å²) in [5, 5.41) is 11.7. The van der Waals surface area contributed by atoms with Crippen LogP contribution in [0.5, 0.6) is 5.88 Å². The van der Waals surface area contributed by atoms with E-state index < -0.39 is 0 Å². The number of hydrogen-bond donors (Lipinski definition) is 0. The van der Waals surface area contributed by atoms with Crippen LogP contribution in [0.2, 0.25) is 0 Å². The average molecular weight is 232 g/mol. The number of ether oxygens (including phenoxy) is 1. The predicted molar refractivity (Wildman–Crippen MR) is 61.6 cm³/mol. The molecule has 0 aliphatic carbocycles. The van der Waals surface area contributed by atoms with Crippen LogP contribution in [-0.2, 0) is 6.42 Å². The van der Waals surface area contributed by atoms with Crippen molar-refractivity contribution in [2.75, 3.05) is 19.6 Å². The number of hydrogen-bond acceptors (Lipinski definition) is 3. The van der Waals surface area contributed by atoms with Gasteiger partial charge in [-0.15, -0.1) is 4.73 Å². The van der Waals surface area contributed by atoms with Crippen LogP contribution in [0.25, 0.3) is 0 Å². The lowest BCUT2D eigenvalue weighted by molar-refractivity contribution is -0.614. The van der Waals surface area contributed by atoms with Gasteiger partial charge in [-0.25, -0.2) is 0 Å². The molecule has 0 N–H and O–H groups in total. The molecule has 1 aromatic heterocycles. The van der Waals surface area contributed by atoms with Crippen molar-refractivity contribution >= 4 is 0 Å². The quantitative estimate of drug-likeness (QED) is 0.489. The van der Waals surface area contributed by atoms with E-state index >= 15 is 0 Å². The summed E-state index contributed by atoms with van der Waals surface area (Å²) in [6.45, 7) is 3.39. The molecule has 0 unspecified atom stereocenters. The maximum atomic E-state index is 11.7. The monoisotopic (exact) mass is 232 g/mol. The molecular weight excluding hydrogens is 216 g/mol. The molecule has 4 heteroatoms. The van der Waals surface area contributed by atoms with Crippen molar-refractivity contribution in [3.63, 3.8) is 0 Å². The highest BCUT2D eigenvalue weighted by Crippen LogP contribution is 2.45. The molecule has 4 aliphatic heterocycles. The molecule has 1 atom stereocenters. The molecular formula is C13H16N2O2. The number of rotatable bonds is 0. The maximum Gasteiger partial charge on any atom is 0.383 e. The van der Waals surface area contributed by atoms with Gasteiger partial charge in [0.25, 0.3) is 0 Å². The second kappa shape index (κ2) is 3.13. The fourth-order valence-corrected chi connectivity index (χ4v) is 3.75.